The normalized spacial score (nSPS) is 55.3. The highest BCUT2D eigenvalue weighted by atomic mass is 16.5. The fourth-order valence-electron chi connectivity index (χ4n) is 3.87. The zero-order chi connectivity index (χ0) is 9.71. The molecule has 0 aromatic carbocycles. The van der Waals surface area contributed by atoms with E-state index in [-0.39, 0.29) is 0 Å². The first-order chi connectivity index (χ1) is 6.85. The van der Waals surface area contributed by atoms with Crippen molar-refractivity contribution in [1.29, 1.82) is 0 Å². The van der Waals surface area contributed by atoms with Gasteiger partial charge in [-0.25, -0.2) is 0 Å². The second kappa shape index (κ2) is 3.21. The van der Waals surface area contributed by atoms with E-state index in [2.05, 4.69) is 13.8 Å². The van der Waals surface area contributed by atoms with E-state index in [0.29, 0.717) is 24.4 Å². The van der Waals surface area contributed by atoms with E-state index in [0.717, 1.165) is 24.7 Å². The predicted molar refractivity (Wildman–Crippen MR) is 54.1 cm³/mol. The summed E-state index contributed by atoms with van der Waals surface area (Å²) in [4.78, 5) is 0. The molecule has 14 heavy (non-hydrogen) atoms. The van der Waals surface area contributed by atoms with E-state index >= 15 is 0 Å². The summed E-state index contributed by atoms with van der Waals surface area (Å²) in [7, 11) is 0. The van der Waals surface area contributed by atoms with Crippen LogP contribution in [0.5, 0.6) is 0 Å². The average molecular weight is 196 g/mol. The van der Waals surface area contributed by atoms with Gasteiger partial charge in [0.1, 0.15) is 0 Å². The van der Waals surface area contributed by atoms with Crippen molar-refractivity contribution in [1.82, 2.24) is 0 Å². The molecule has 3 saturated heterocycles. The molecular formula is C12H20O2. The molecule has 0 aromatic heterocycles. The van der Waals surface area contributed by atoms with Crippen molar-refractivity contribution in [2.45, 2.75) is 63.9 Å². The maximum absolute atomic E-state index is 6.13. The lowest BCUT2D eigenvalue weighted by Crippen LogP contribution is -2.32. The van der Waals surface area contributed by atoms with Gasteiger partial charge in [0.2, 0.25) is 0 Å². The van der Waals surface area contributed by atoms with Crippen molar-refractivity contribution in [3.8, 4) is 0 Å². The minimum Gasteiger partial charge on any atom is -0.374 e. The fraction of sp³-hybridized carbons (Fsp3) is 1.00. The topological polar surface area (TPSA) is 18.5 Å². The largest absolute Gasteiger partial charge is 0.374 e. The maximum Gasteiger partial charge on any atom is 0.0637 e. The molecule has 2 heteroatoms. The van der Waals surface area contributed by atoms with Gasteiger partial charge in [-0.1, -0.05) is 13.8 Å². The second-order valence-electron chi connectivity index (χ2n) is 4.97. The fourth-order valence-corrected chi connectivity index (χ4v) is 3.87. The first kappa shape index (κ1) is 9.17. The van der Waals surface area contributed by atoms with Crippen LogP contribution >= 0.6 is 0 Å². The summed E-state index contributed by atoms with van der Waals surface area (Å²) in [5, 5.41) is 0. The van der Waals surface area contributed by atoms with Crippen molar-refractivity contribution in [2.75, 3.05) is 0 Å². The Morgan fingerprint density at radius 2 is 1.36 bits per heavy atom. The van der Waals surface area contributed by atoms with Crippen LogP contribution in [0.25, 0.3) is 0 Å². The smallest absolute Gasteiger partial charge is 0.0637 e. The molecule has 0 radical (unpaired) electrons. The number of hydrogen-bond donors (Lipinski definition) is 0. The van der Waals surface area contributed by atoms with Crippen LogP contribution in [0, 0.1) is 11.8 Å². The number of fused-ring (bicyclic) bond motifs is 5. The Bertz CT molecular complexity index is 206. The monoisotopic (exact) mass is 196 g/mol. The third-order valence-corrected chi connectivity index (χ3v) is 4.40. The molecule has 3 heterocycles. The van der Waals surface area contributed by atoms with Gasteiger partial charge >= 0.3 is 0 Å². The SMILES string of the molecule is CCC1OC(CC)C2C3CCC(O3)C12. The molecule has 3 rings (SSSR count). The molecule has 3 aliphatic heterocycles. The van der Waals surface area contributed by atoms with Crippen LogP contribution in [-0.2, 0) is 9.47 Å². The van der Waals surface area contributed by atoms with Crippen LogP contribution in [0.4, 0.5) is 0 Å². The highest BCUT2D eigenvalue weighted by Gasteiger charge is 2.58. The maximum atomic E-state index is 6.13. The lowest BCUT2D eigenvalue weighted by atomic mass is 9.75. The van der Waals surface area contributed by atoms with E-state index in [1.54, 1.807) is 0 Å². The van der Waals surface area contributed by atoms with Crippen LogP contribution in [0.15, 0.2) is 0 Å². The van der Waals surface area contributed by atoms with Crippen molar-refractivity contribution in [2.24, 2.45) is 11.8 Å². The standard InChI is InChI=1S/C12H20O2/c1-3-7-11-9-5-6-10(14-9)12(11)8(4-2)13-7/h7-12H,3-6H2,1-2H3. The minimum atomic E-state index is 0.486. The first-order valence-corrected chi connectivity index (χ1v) is 6.16. The lowest BCUT2D eigenvalue weighted by molar-refractivity contribution is -0.0289. The Balaban J connectivity index is 1.86. The first-order valence-electron chi connectivity index (χ1n) is 6.16. The molecule has 3 aliphatic rings. The van der Waals surface area contributed by atoms with Crippen molar-refractivity contribution < 1.29 is 9.47 Å². The summed E-state index contributed by atoms with van der Waals surface area (Å²) in [6.45, 7) is 4.48. The summed E-state index contributed by atoms with van der Waals surface area (Å²) in [6, 6.07) is 0. The molecule has 6 atom stereocenters. The average Bonchev–Trinajstić information content (AvgIpc) is 2.88. The van der Waals surface area contributed by atoms with Crippen molar-refractivity contribution in [3.63, 3.8) is 0 Å². The summed E-state index contributed by atoms with van der Waals surface area (Å²) in [5.41, 5.74) is 0. The molecule has 2 bridgehead atoms. The highest BCUT2D eigenvalue weighted by Crippen LogP contribution is 2.52. The summed E-state index contributed by atoms with van der Waals surface area (Å²) >= 11 is 0. The number of hydrogen-bond acceptors (Lipinski definition) is 2. The molecule has 0 saturated carbocycles. The molecule has 0 amide bonds. The lowest BCUT2D eigenvalue weighted by Gasteiger charge is -2.24. The van der Waals surface area contributed by atoms with Crippen LogP contribution < -0.4 is 0 Å². The molecule has 2 nitrogen and oxygen atoms in total. The molecule has 6 unspecified atom stereocenters. The van der Waals surface area contributed by atoms with Crippen molar-refractivity contribution >= 4 is 0 Å². The second-order valence-corrected chi connectivity index (χ2v) is 4.97. The van der Waals surface area contributed by atoms with E-state index in [4.69, 9.17) is 9.47 Å². The van der Waals surface area contributed by atoms with Gasteiger partial charge in [0.05, 0.1) is 24.4 Å². The highest BCUT2D eigenvalue weighted by molar-refractivity contribution is 5.05. The number of ether oxygens (including phenoxy) is 2. The molecule has 0 aromatic rings. The molecule has 0 N–H and O–H groups in total. The zero-order valence-corrected chi connectivity index (χ0v) is 9.11. The summed E-state index contributed by atoms with van der Waals surface area (Å²) in [5.74, 6) is 1.45. The Morgan fingerprint density at radius 1 is 0.857 bits per heavy atom. The number of rotatable bonds is 2. The van der Waals surface area contributed by atoms with Gasteiger partial charge in [-0.3, -0.25) is 0 Å². The van der Waals surface area contributed by atoms with E-state index < -0.39 is 0 Å². The Kier molecular flexibility index (Phi) is 2.10. The van der Waals surface area contributed by atoms with Gasteiger partial charge in [0.15, 0.2) is 0 Å². The van der Waals surface area contributed by atoms with E-state index in [1.165, 1.54) is 12.8 Å². The Morgan fingerprint density at radius 3 is 1.79 bits per heavy atom. The molecule has 80 valence electrons. The van der Waals surface area contributed by atoms with Crippen molar-refractivity contribution in [3.05, 3.63) is 0 Å². The van der Waals surface area contributed by atoms with E-state index in [1.807, 2.05) is 0 Å². The van der Waals surface area contributed by atoms with Gasteiger partial charge < -0.3 is 9.47 Å². The van der Waals surface area contributed by atoms with Crippen LogP contribution in [-0.4, -0.2) is 24.4 Å². The third kappa shape index (κ3) is 1.04. The van der Waals surface area contributed by atoms with Crippen LogP contribution in [0.2, 0.25) is 0 Å². The van der Waals surface area contributed by atoms with E-state index in [9.17, 15) is 0 Å². The zero-order valence-electron chi connectivity index (χ0n) is 9.11. The Labute approximate surface area is 86.0 Å². The van der Waals surface area contributed by atoms with Gasteiger partial charge in [0.25, 0.3) is 0 Å². The quantitative estimate of drug-likeness (QED) is 0.675. The molecular weight excluding hydrogens is 176 g/mol. The van der Waals surface area contributed by atoms with Crippen LogP contribution in [0.1, 0.15) is 39.5 Å². The minimum absolute atomic E-state index is 0.486. The van der Waals surface area contributed by atoms with Gasteiger partial charge in [-0.05, 0) is 25.7 Å². The molecule has 0 spiro atoms. The predicted octanol–water partition coefficient (Wildman–Crippen LogP) is 2.37. The summed E-state index contributed by atoms with van der Waals surface area (Å²) in [6.07, 6.45) is 6.91. The Hall–Kier alpha value is -0.0800. The third-order valence-electron chi connectivity index (χ3n) is 4.40. The molecule has 3 fully saturated rings. The molecule has 0 aliphatic carbocycles. The van der Waals surface area contributed by atoms with Crippen LogP contribution in [0.3, 0.4) is 0 Å². The summed E-state index contributed by atoms with van der Waals surface area (Å²) < 4.78 is 12.2. The van der Waals surface area contributed by atoms with Gasteiger partial charge in [-0.2, -0.15) is 0 Å². The van der Waals surface area contributed by atoms with Gasteiger partial charge in [-0.15, -0.1) is 0 Å². The van der Waals surface area contributed by atoms with Gasteiger partial charge in [0, 0.05) is 11.8 Å².